The SMILES string of the molecule is CC[C@]1(O)CC[C@H]2[C@@H]3CCC4=CC(=O)CCC4=C3C=C[C@@]21CC.C[C@]12CC[C@H](O)CC1=CC[C@@H]1[C@@H]2CC[C@@]2(C)[C@H]1CC[C@]2(C)O. The Hall–Kier alpha value is -1.49. The highest BCUT2D eigenvalue weighted by Crippen LogP contribution is 2.67. The Balaban J connectivity index is 0.000000145. The van der Waals surface area contributed by atoms with Crippen molar-refractivity contribution in [3.8, 4) is 0 Å². The lowest BCUT2D eigenvalue weighted by atomic mass is 9.47. The van der Waals surface area contributed by atoms with Gasteiger partial charge in [-0.05, 0) is 166 Å². The fourth-order valence-corrected chi connectivity index (χ4v) is 13.1. The maximum atomic E-state index is 11.7. The number of rotatable bonds is 2. The van der Waals surface area contributed by atoms with Gasteiger partial charge in [0.2, 0.25) is 0 Å². The minimum Gasteiger partial charge on any atom is -0.393 e. The van der Waals surface area contributed by atoms with Gasteiger partial charge in [-0.3, -0.25) is 4.79 Å². The first-order valence-electron chi connectivity index (χ1n) is 18.8. The Bertz CT molecular complexity index is 1350. The number of allylic oxidation sites excluding steroid dienone is 6. The predicted octanol–water partition coefficient (Wildman–Crippen LogP) is 8.56. The van der Waals surface area contributed by atoms with Crippen LogP contribution >= 0.6 is 0 Å². The molecule has 0 radical (unpaired) electrons. The Kier molecular flexibility index (Phi) is 7.86. The molecular weight excluding hydrogens is 556 g/mol. The van der Waals surface area contributed by atoms with Crippen LogP contribution in [0.1, 0.15) is 137 Å². The molecule has 0 heterocycles. The van der Waals surface area contributed by atoms with Crippen molar-refractivity contribution in [3.63, 3.8) is 0 Å². The van der Waals surface area contributed by atoms with Crippen molar-refractivity contribution in [1.29, 1.82) is 0 Å². The Morgan fingerprint density at radius 3 is 2.36 bits per heavy atom. The molecule has 8 rings (SSSR count). The zero-order valence-corrected chi connectivity index (χ0v) is 28.8. The van der Waals surface area contributed by atoms with Crippen molar-refractivity contribution >= 4 is 5.78 Å². The summed E-state index contributed by atoms with van der Waals surface area (Å²) in [5.41, 5.74) is 5.17. The third-order valence-corrected chi connectivity index (χ3v) is 16.1. The second-order valence-electron chi connectivity index (χ2n) is 17.4. The summed E-state index contributed by atoms with van der Waals surface area (Å²) in [6, 6.07) is 0. The largest absolute Gasteiger partial charge is 0.393 e. The second-order valence-corrected chi connectivity index (χ2v) is 17.4. The molecule has 248 valence electrons. The fourth-order valence-electron chi connectivity index (χ4n) is 13.1. The van der Waals surface area contributed by atoms with Crippen molar-refractivity contribution in [3.05, 3.63) is 46.6 Å². The molecule has 4 fully saturated rings. The Labute approximate surface area is 272 Å². The van der Waals surface area contributed by atoms with E-state index in [4.69, 9.17) is 0 Å². The molecule has 0 aromatic rings. The van der Waals surface area contributed by atoms with Crippen molar-refractivity contribution in [2.45, 2.75) is 155 Å². The van der Waals surface area contributed by atoms with E-state index in [1.54, 1.807) is 5.57 Å². The van der Waals surface area contributed by atoms with Gasteiger partial charge in [-0.15, -0.1) is 0 Å². The summed E-state index contributed by atoms with van der Waals surface area (Å²) in [6.07, 6.45) is 25.5. The fraction of sp³-hybridized carbons (Fsp3) is 0.780. The Morgan fingerprint density at radius 2 is 1.60 bits per heavy atom. The molecule has 0 aliphatic heterocycles. The number of hydrogen-bond acceptors (Lipinski definition) is 4. The zero-order valence-electron chi connectivity index (χ0n) is 28.8. The molecule has 8 aliphatic rings. The van der Waals surface area contributed by atoms with Gasteiger partial charge in [0.05, 0.1) is 17.3 Å². The summed E-state index contributed by atoms with van der Waals surface area (Å²) < 4.78 is 0. The van der Waals surface area contributed by atoms with Crippen LogP contribution in [-0.2, 0) is 4.79 Å². The highest BCUT2D eigenvalue weighted by Gasteiger charge is 2.62. The van der Waals surface area contributed by atoms with Crippen LogP contribution in [0.25, 0.3) is 0 Å². The van der Waals surface area contributed by atoms with Crippen LogP contribution in [0.4, 0.5) is 0 Å². The lowest BCUT2D eigenvalue weighted by Crippen LogP contribution is -2.53. The zero-order chi connectivity index (χ0) is 32.0. The maximum Gasteiger partial charge on any atom is 0.156 e. The first-order valence-corrected chi connectivity index (χ1v) is 18.8. The van der Waals surface area contributed by atoms with E-state index in [2.05, 4.69) is 52.8 Å². The Morgan fingerprint density at radius 1 is 0.844 bits per heavy atom. The van der Waals surface area contributed by atoms with Crippen LogP contribution in [0.2, 0.25) is 0 Å². The summed E-state index contributed by atoms with van der Waals surface area (Å²) >= 11 is 0. The van der Waals surface area contributed by atoms with Crippen LogP contribution in [0.5, 0.6) is 0 Å². The van der Waals surface area contributed by atoms with E-state index in [0.717, 1.165) is 82.5 Å². The number of carbonyl (C=O) groups is 1. The van der Waals surface area contributed by atoms with Crippen molar-refractivity contribution in [2.24, 2.45) is 45.8 Å². The van der Waals surface area contributed by atoms with Gasteiger partial charge in [0.25, 0.3) is 0 Å². The monoisotopic (exact) mass is 616 g/mol. The topological polar surface area (TPSA) is 77.8 Å². The summed E-state index contributed by atoms with van der Waals surface area (Å²) in [4.78, 5) is 11.7. The normalized spacial score (nSPS) is 49.7. The van der Waals surface area contributed by atoms with E-state index < -0.39 is 11.2 Å². The maximum absolute atomic E-state index is 11.7. The van der Waals surface area contributed by atoms with Crippen molar-refractivity contribution < 1.29 is 20.1 Å². The molecule has 0 aromatic heterocycles. The van der Waals surface area contributed by atoms with Crippen molar-refractivity contribution in [1.82, 2.24) is 0 Å². The second kappa shape index (κ2) is 11.0. The van der Waals surface area contributed by atoms with Gasteiger partial charge in [-0.25, -0.2) is 0 Å². The molecule has 45 heavy (non-hydrogen) atoms. The highest BCUT2D eigenvalue weighted by molar-refractivity contribution is 5.93. The summed E-state index contributed by atoms with van der Waals surface area (Å²) in [7, 11) is 0. The molecular formula is C41H60O4. The van der Waals surface area contributed by atoms with Crippen molar-refractivity contribution in [2.75, 3.05) is 0 Å². The molecule has 4 saturated carbocycles. The first kappa shape index (κ1) is 32.1. The third-order valence-electron chi connectivity index (χ3n) is 16.1. The van der Waals surface area contributed by atoms with Gasteiger partial charge in [0.1, 0.15) is 0 Å². The quantitative estimate of drug-likeness (QED) is 0.272. The molecule has 0 saturated heterocycles. The molecule has 11 atom stereocenters. The van der Waals surface area contributed by atoms with E-state index in [1.165, 1.54) is 42.4 Å². The van der Waals surface area contributed by atoms with Gasteiger partial charge in [-0.1, -0.05) is 51.5 Å². The summed E-state index contributed by atoms with van der Waals surface area (Å²) in [5.74, 6) is 3.66. The number of aliphatic hydroxyl groups is 3. The van der Waals surface area contributed by atoms with Gasteiger partial charge in [-0.2, -0.15) is 0 Å². The van der Waals surface area contributed by atoms with Crippen LogP contribution in [-0.4, -0.2) is 38.4 Å². The van der Waals surface area contributed by atoms with Gasteiger partial charge >= 0.3 is 0 Å². The molecule has 0 bridgehead atoms. The van der Waals surface area contributed by atoms with Crippen LogP contribution in [0.3, 0.4) is 0 Å². The minimum absolute atomic E-state index is 0.0395. The number of aliphatic hydroxyl groups excluding tert-OH is 1. The minimum atomic E-state index is -0.530. The third kappa shape index (κ3) is 4.57. The summed E-state index contributed by atoms with van der Waals surface area (Å²) in [6.45, 7) is 11.3. The van der Waals surface area contributed by atoms with Gasteiger partial charge in [0, 0.05) is 11.8 Å². The highest BCUT2D eigenvalue weighted by atomic mass is 16.3. The van der Waals surface area contributed by atoms with E-state index in [9.17, 15) is 20.1 Å². The lowest BCUT2D eigenvalue weighted by Gasteiger charge is -2.58. The smallest absolute Gasteiger partial charge is 0.156 e. The molecule has 0 spiro atoms. The van der Waals surface area contributed by atoms with Crippen LogP contribution in [0, 0.1) is 45.8 Å². The summed E-state index contributed by atoms with van der Waals surface area (Å²) in [5, 5.41) is 32.2. The lowest BCUT2D eigenvalue weighted by molar-refractivity contribution is -0.115. The van der Waals surface area contributed by atoms with Gasteiger partial charge in [0.15, 0.2) is 5.78 Å². The average molecular weight is 617 g/mol. The van der Waals surface area contributed by atoms with E-state index in [1.807, 2.05) is 6.08 Å². The predicted molar refractivity (Wildman–Crippen MR) is 180 cm³/mol. The number of hydrogen-bond donors (Lipinski definition) is 3. The van der Waals surface area contributed by atoms with Gasteiger partial charge < -0.3 is 15.3 Å². The van der Waals surface area contributed by atoms with E-state index in [-0.39, 0.29) is 16.9 Å². The molecule has 0 aromatic carbocycles. The number of carbonyl (C=O) groups excluding carboxylic acids is 1. The molecule has 4 nitrogen and oxygen atoms in total. The standard InChI is InChI=1S/C21H28O2.C20H32O2/c1-3-20-11-9-17-16-8-6-15(22)13-14(16)5-7-18(17)19(20)10-12-21(20,23)4-2;1-18-9-6-14(21)12-13(18)4-5-15-16(18)7-10-19(2)17(15)8-11-20(19,3)22/h9,11,13,18-19,23H,3-8,10,12H2,1-2H3;4,14-17,21-22H,5-12H2,1-3H3/t18-,19+,20+,21+;14-,15+,16-,17-,18-,19-,20-/m10/s1. The number of fused-ring (bicyclic) bond motifs is 9. The van der Waals surface area contributed by atoms with Crippen LogP contribution in [0.15, 0.2) is 46.6 Å². The van der Waals surface area contributed by atoms with E-state index in [0.29, 0.717) is 35.4 Å². The molecule has 8 aliphatic carbocycles. The molecule has 4 heteroatoms. The molecule has 0 unspecified atom stereocenters. The van der Waals surface area contributed by atoms with E-state index >= 15 is 0 Å². The first-order chi connectivity index (χ1) is 21.3. The average Bonchev–Trinajstić information content (AvgIpc) is 3.47. The molecule has 3 N–H and O–H groups in total. The van der Waals surface area contributed by atoms with Crippen LogP contribution < -0.4 is 0 Å². The number of ketones is 1. The molecule has 0 amide bonds.